The molecule has 0 spiro atoms. The number of carboxylic acids is 2. The summed E-state index contributed by atoms with van der Waals surface area (Å²) >= 11 is 0. The SMILES string of the molecule is CCCCCCCC/C=C\CCCCCCCC(=O)[O-].CCCCCCCC/C=C\CCCCCCCC(=O)[O-].[Li+].[Na+]. The van der Waals surface area contributed by atoms with E-state index in [9.17, 15) is 19.8 Å². The second kappa shape index (κ2) is 45.4. The van der Waals surface area contributed by atoms with Crippen LogP contribution < -0.4 is 58.6 Å². The van der Waals surface area contributed by atoms with Gasteiger partial charge in [0.25, 0.3) is 0 Å². The molecule has 0 aromatic rings. The van der Waals surface area contributed by atoms with Gasteiger partial charge < -0.3 is 19.8 Å². The van der Waals surface area contributed by atoms with Crippen molar-refractivity contribution in [2.75, 3.05) is 0 Å². The number of rotatable bonds is 30. The molecule has 0 saturated heterocycles. The van der Waals surface area contributed by atoms with E-state index in [1.54, 1.807) is 0 Å². The maximum atomic E-state index is 10.2. The number of hydrogen-bond acceptors (Lipinski definition) is 4. The fourth-order valence-corrected chi connectivity index (χ4v) is 4.68. The molecule has 0 saturated carbocycles. The van der Waals surface area contributed by atoms with E-state index >= 15 is 0 Å². The molecule has 0 N–H and O–H groups in total. The Morgan fingerprint density at radius 1 is 0.405 bits per heavy atom. The Bertz CT molecular complexity index is 531. The Balaban J connectivity index is -0.000000328. The molecule has 0 aliphatic rings. The van der Waals surface area contributed by atoms with Crippen molar-refractivity contribution in [2.45, 2.75) is 194 Å². The molecule has 0 amide bonds. The summed E-state index contributed by atoms with van der Waals surface area (Å²) in [5.41, 5.74) is 0. The summed E-state index contributed by atoms with van der Waals surface area (Å²) in [6, 6.07) is 0. The molecule has 0 radical (unpaired) electrons. The van der Waals surface area contributed by atoms with Gasteiger partial charge in [0.1, 0.15) is 0 Å². The molecule has 0 aromatic carbocycles. The van der Waals surface area contributed by atoms with Crippen molar-refractivity contribution in [3.8, 4) is 0 Å². The van der Waals surface area contributed by atoms with Gasteiger partial charge in [-0.05, 0) is 77.0 Å². The van der Waals surface area contributed by atoms with Gasteiger partial charge in [-0.3, -0.25) is 0 Å². The van der Waals surface area contributed by atoms with Crippen LogP contribution >= 0.6 is 0 Å². The maximum Gasteiger partial charge on any atom is 1.00 e. The molecule has 0 aliphatic heterocycles. The average Bonchev–Trinajstić information content (AvgIpc) is 2.93. The molecule has 0 rings (SSSR count). The largest absolute Gasteiger partial charge is 1.00 e. The molecule has 236 valence electrons. The van der Waals surface area contributed by atoms with Crippen molar-refractivity contribution in [2.24, 2.45) is 0 Å². The minimum atomic E-state index is -0.914. The summed E-state index contributed by atoms with van der Waals surface area (Å²) in [6.07, 6.45) is 41.8. The van der Waals surface area contributed by atoms with Gasteiger partial charge >= 0.3 is 48.4 Å². The molecule has 0 bridgehead atoms. The summed E-state index contributed by atoms with van der Waals surface area (Å²) < 4.78 is 0. The van der Waals surface area contributed by atoms with E-state index in [-0.39, 0.29) is 61.3 Å². The monoisotopic (exact) mass is 593 g/mol. The number of carbonyl (C=O) groups is 2. The van der Waals surface area contributed by atoms with Crippen LogP contribution in [0.2, 0.25) is 0 Å². The van der Waals surface area contributed by atoms with Crippen LogP contribution in [0.3, 0.4) is 0 Å². The molecule has 0 atom stereocenters. The van der Waals surface area contributed by atoms with Crippen LogP contribution in [0.15, 0.2) is 24.3 Å². The van der Waals surface area contributed by atoms with Gasteiger partial charge in [0, 0.05) is 11.9 Å². The summed E-state index contributed by atoms with van der Waals surface area (Å²) in [5.74, 6) is -1.83. The van der Waals surface area contributed by atoms with Gasteiger partial charge in [0.2, 0.25) is 0 Å². The summed E-state index contributed by atoms with van der Waals surface area (Å²) in [7, 11) is 0. The van der Waals surface area contributed by atoms with Crippen LogP contribution in [0.1, 0.15) is 194 Å². The molecular weight excluding hydrogens is 526 g/mol. The smallest absolute Gasteiger partial charge is 0.550 e. The van der Waals surface area contributed by atoms with Crippen LogP contribution in [-0.4, -0.2) is 11.9 Å². The molecule has 42 heavy (non-hydrogen) atoms. The Morgan fingerprint density at radius 3 is 0.857 bits per heavy atom. The molecule has 0 aliphatic carbocycles. The van der Waals surface area contributed by atoms with Gasteiger partial charge in [-0.2, -0.15) is 0 Å². The second-order valence-electron chi connectivity index (χ2n) is 11.4. The predicted molar refractivity (Wildman–Crippen MR) is 169 cm³/mol. The van der Waals surface area contributed by atoms with Crippen molar-refractivity contribution in [3.05, 3.63) is 24.3 Å². The van der Waals surface area contributed by atoms with Gasteiger partial charge in [-0.1, -0.05) is 141 Å². The minimum Gasteiger partial charge on any atom is -0.550 e. The normalized spacial score (nSPS) is 10.7. The summed E-state index contributed by atoms with van der Waals surface area (Å²) in [6.45, 7) is 4.51. The number of aliphatic carboxylic acids is 2. The molecular formula is C36H66LiNaO4. The van der Waals surface area contributed by atoms with Crippen LogP contribution in [0, 0.1) is 0 Å². The predicted octanol–water partition coefficient (Wildman–Crippen LogP) is 3.56. The first-order valence-corrected chi connectivity index (χ1v) is 17.2. The van der Waals surface area contributed by atoms with Crippen molar-refractivity contribution < 1.29 is 68.2 Å². The molecule has 6 heteroatoms. The van der Waals surface area contributed by atoms with Crippen LogP contribution in [-0.2, 0) is 9.59 Å². The second-order valence-corrected chi connectivity index (χ2v) is 11.4. The van der Waals surface area contributed by atoms with Crippen LogP contribution in [0.5, 0.6) is 0 Å². The fourth-order valence-electron chi connectivity index (χ4n) is 4.68. The topological polar surface area (TPSA) is 80.3 Å². The Morgan fingerprint density at radius 2 is 0.619 bits per heavy atom. The van der Waals surface area contributed by atoms with Crippen molar-refractivity contribution in [1.29, 1.82) is 0 Å². The van der Waals surface area contributed by atoms with E-state index < -0.39 is 11.9 Å². The summed E-state index contributed by atoms with van der Waals surface area (Å²) in [5, 5.41) is 20.4. The molecule has 0 heterocycles. The zero-order valence-corrected chi connectivity index (χ0v) is 30.7. The zero-order valence-electron chi connectivity index (χ0n) is 28.7. The molecule has 0 fully saturated rings. The maximum absolute atomic E-state index is 10.2. The number of carboxylic acid groups (broad SMARTS) is 2. The Hall–Kier alpha value is 0.0174. The van der Waals surface area contributed by atoms with Gasteiger partial charge in [-0.15, -0.1) is 0 Å². The van der Waals surface area contributed by atoms with E-state index in [2.05, 4.69) is 38.2 Å². The van der Waals surface area contributed by atoms with E-state index in [4.69, 9.17) is 0 Å². The van der Waals surface area contributed by atoms with Gasteiger partial charge in [0.05, 0.1) is 0 Å². The minimum absolute atomic E-state index is 0. The number of carbonyl (C=O) groups excluding carboxylic acids is 2. The van der Waals surface area contributed by atoms with Crippen LogP contribution in [0.4, 0.5) is 0 Å². The van der Waals surface area contributed by atoms with Gasteiger partial charge in [-0.25, -0.2) is 0 Å². The zero-order chi connectivity index (χ0) is 29.8. The van der Waals surface area contributed by atoms with Crippen molar-refractivity contribution >= 4 is 11.9 Å². The molecule has 4 nitrogen and oxygen atoms in total. The third-order valence-electron chi connectivity index (χ3n) is 7.29. The standard InChI is InChI=1S/2C18H34O2.Li.Na/c2*1-2-3-4-5-6-7-8-9-10-11-12-13-14-15-16-17-18(19)20;;/h2*9-10H,2-8,11-17H2,1H3,(H,19,20);;/q;;2*+1/p-2/b2*10-9-;;. The van der Waals surface area contributed by atoms with E-state index in [1.165, 1.54) is 128 Å². The van der Waals surface area contributed by atoms with Crippen molar-refractivity contribution in [3.63, 3.8) is 0 Å². The van der Waals surface area contributed by atoms with E-state index in [0.717, 1.165) is 38.5 Å². The molecule has 0 aromatic heterocycles. The van der Waals surface area contributed by atoms with Crippen LogP contribution in [0.25, 0.3) is 0 Å². The van der Waals surface area contributed by atoms with Gasteiger partial charge in [0.15, 0.2) is 0 Å². The quantitative estimate of drug-likeness (QED) is 0.0726. The summed E-state index contributed by atoms with van der Waals surface area (Å²) in [4.78, 5) is 20.4. The van der Waals surface area contributed by atoms with Crippen molar-refractivity contribution in [1.82, 2.24) is 0 Å². The van der Waals surface area contributed by atoms with E-state index in [1.807, 2.05) is 0 Å². The molecule has 0 unspecified atom stereocenters. The first-order valence-electron chi connectivity index (χ1n) is 17.2. The number of allylic oxidation sites excluding steroid dienone is 4. The number of unbranched alkanes of at least 4 members (excludes halogenated alkanes) is 22. The third-order valence-corrected chi connectivity index (χ3v) is 7.29. The first-order chi connectivity index (χ1) is 19.5. The first kappa shape index (κ1) is 48.9. The Kier molecular flexibility index (Phi) is 52.9. The average molecular weight is 593 g/mol. The third kappa shape index (κ3) is 52.6. The Labute approximate surface area is 296 Å². The van der Waals surface area contributed by atoms with E-state index in [0.29, 0.717) is 0 Å². The fraction of sp³-hybridized carbons (Fsp3) is 0.833. The number of hydrogen-bond donors (Lipinski definition) is 0.